The largest absolute Gasteiger partial charge is 0.383 e. The number of hydrogen-bond acceptors (Lipinski definition) is 4. The summed E-state index contributed by atoms with van der Waals surface area (Å²) in [6.45, 7) is 1.88. The quantitative estimate of drug-likeness (QED) is 0.670. The molecule has 7 nitrogen and oxygen atoms in total. The van der Waals surface area contributed by atoms with Crippen LogP contribution in [-0.2, 0) is 28.9 Å². The Morgan fingerprint density at radius 1 is 1.41 bits per heavy atom. The fourth-order valence-electron chi connectivity index (χ4n) is 3.95. The molecule has 1 atom stereocenters. The van der Waals surface area contributed by atoms with Gasteiger partial charge in [-0.05, 0) is 30.9 Å². The zero-order valence-electron chi connectivity index (χ0n) is 15.6. The first-order chi connectivity index (χ1) is 13.3. The lowest BCUT2D eigenvalue weighted by molar-refractivity contribution is -0.122. The Kier molecular flexibility index (Phi) is 5.20. The molecule has 0 spiro atoms. The van der Waals surface area contributed by atoms with Gasteiger partial charge in [0.2, 0.25) is 5.91 Å². The van der Waals surface area contributed by atoms with E-state index in [9.17, 15) is 4.79 Å². The van der Waals surface area contributed by atoms with Gasteiger partial charge in [-0.25, -0.2) is 0 Å². The van der Waals surface area contributed by atoms with Gasteiger partial charge >= 0.3 is 0 Å². The van der Waals surface area contributed by atoms with Gasteiger partial charge in [0, 0.05) is 43.2 Å². The van der Waals surface area contributed by atoms with Crippen LogP contribution in [0.4, 0.5) is 0 Å². The van der Waals surface area contributed by atoms with E-state index in [4.69, 9.17) is 4.74 Å². The standard InChI is InChI=1S/C20H25N5O2/c1-27-12-11-25-13-22-24-18(25)9-10-21-20(26)16-7-4-6-15-14-5-2-3-8-17(14)23-19(15)16/h2-3,5,8,13,16,23H,4,6-7,9-12H2,1H3,(H,21,26)/t16-/m1/s1. The second-order valence-electron chi connectivity index (χ2n) is 6.98. The minimum atomic E-state index is -0.104. The molecule has 1 amide bonds. The number of fused-ring (bicyclic) bond motifs is 3. The van der Waals surface area contributed by atoms with Gasteiger partial charge in [0.05, 0.1) is 12.5 Å². The molecule has 4 rings (SSSR count). The lowest BCUT2D eigenvalue weighted by atomic mass is 9.86. The van der Waals surface area contributed by atoms with E-state index >= 15 is 0 Å². The number of rotatable bonds is 7. The Balaban J connectivity index is 1.41. The lowest BCUT2D eigenvalue weighted by Gasteiger charge is -2.22. The number of ether oxygens (including phenoxy) is 1. The van der Waals surface area contributed by atoms with Crippen LogP contribution in [0.15, 0.2) is 30.6 Å². The Morgan fingerprint density at radius 3 is 3.19 bits per heavy atom. The number of methoxy groups -OCH3 is 1. The number of nitrogens with zero attached hydrogens (tertiary/aromatic N) is 3. The summed E-state index contributed by atoms with van der Waals surface area (Å²) in [5.41, 5.74) is 3.51. The molecule has 142 valence electrons. The number of hydrogen-bond donors (Lipinski definition) is 2. The van der Waals surface area contributed by atoms with Crippen LogP contribution >= 0.6 is 0 Å². The highest BCUT2D eigenvalue weighted by atomic mass is 16.5. The molecule has 0 fully saturated rings. The summed E-state index contributed by atoms with van der Waals surface area (Å²) < 4.78 is 7.07. The van der Waals surface area contributed by atoms with E-state index < -0.39 is 0 Å². The monoisotopic (exact) mass is 367 g/mol. The van der Waals surface area contributed by atoms with Crippen LogP contribution in [0, 0.1) is 0 Å². The molecule has 2 N–H and O–H groups in total. The first-order valence-electron chi connectivity index (χ1n) is 9.50. The van der Waals surface area contributed by atoms with Crippen molar-refractivity contribution in [2.75, 3.05) is 20.3 Å². The predicted molar refractivity (Wildman–Crippen MR) is 103 cm³/mol. The Bertz CT molecular complexity index is 929. The van der Waals surface area contributed by atoms with Crippen molar-refractivity contribution in [3.05, 3.63) is 47.7 Å². The smallest absolute Gasteiger partial charge is 0.229 e. The number of benzene rings is 1. The summed E-state index contributed by atoms with van der Waals surface area (Å²) in [5, 5.41) is 12.4. The van der Waals surface area contributed by atoms with E-state index in [1.807, 2.05) is 10.6 Å². The number of carbonyl (C=O) groups is 1. The molecular weight excluding hydrogens is 342 g/mol. The Hall–Kier alpha value is -2.67. The van der Waals surface area contributed by atoms with Crippen LogP contribution in [0.1, 0.15) is 35.8 Å². The number of aromatic nitrogens is 4. The molecular formula is C20H25N5O2. The highest BCUT2D eigenvalue weighted by molar-refractivity contribution is 5.90. The molecule has 7 heteroatoms. The van der Waals surface area contributed by atoms with Gasteiger partial charge in [0.15, 0.2) is 0 Å². The fraction of sp³-hybridized carbons (Fsp3) is 0.450. The normalized spacial score (nSPS) is 16.4. The summed E-state index contributed by atoms with van der Waals surface area (Å²) >= 11 is 0. The molecule has 0 aliphatic heterocycles. The average molecular weight is 367 g/mol. The van der Waals surface area contributed by atoms with E-state index in [1.54, 1.807) is 13.4 Å². The fourth-order valence-corrected chi connectivity index (χ4v) is 3.95. The summed E-state index contributed by atoms with van der Waals surface area (Å²) in [6.07, 6.45) is 5.31. The third-order valence-corrected chi connectivity index (χ3v) is 5.31. The molecule has 2 aromatic heterocycles. The molecule has 1 aromatic carbocycles. The SMILES string of the molecule is COCCn1cnnc1CCNC(=O)[C@@H]1CCCc2c1[nH]c1ccccc21. The van der Waals surface area contributed by atoms with Gasteiger partial charge in [-0.15, -0.1) is 10.2 Å². The van der Waals surface area contributed by atoms with Gasteiger partial charge in [0.25, 0.3) is 0 Å². The number of carbonyl (C=O) groups excluding carboxylic acids is 1. The van der Waals surface area contributed by atoms with E-state index in [1.165, 1.54) is 10.9 Å². The third-order valence-electron chi connectivity index (χ3n) is 5.31. The van der Waals surface area contributed by atoms with Crippen molar-refractivity contribution in [1.29, 1.82) is 0 Å². The number of H-pyrrole nitrogens is 1. The van der Waals surface area contributed by atoms with Crippen molar-refractivity contribution in [1.82, 2.24) is 25.1 Å². The average Bonchev–Trinajstić information content (AvgIpc) is 3.30. The maximum Gasteiger partial charge on any atom is 0.229 e. The van der Waals surface area contributed by atoms with E-state index in [0.29, 0.717) is 26.1 Å². The van der Waals surface area contributed by atoms with Crippen LogP contribution in [-0.4, -0.2) is 45.9 Å². The number of amides is 1. The number of aromatic amines is 1. The van der Waals surface area contributed by atoms with E-state index in [2.05, 4.69) is 38.7 Å². The summed E-state index contributed by atoms with van der Waals surface area (Å²) in [6, 6.07) is 8.30. The topological polar surface area (TPSA) is 84.8 Å². The van der Waals surface area contributed by atoms with Crippen LogP contribution in [0.5, 0.6) is 0 Å². The zero-order chi connectivity index (χ0) is 18.6. The Labute approximate surface area is 158 Å². The van der Waals surface area contributed by atoms with E-state index in [-0.39, 0.29) is 11.8 Å². The molecule has 0 radical (unpaired) electrons. The second-order valence-corrected chi connectivity index (χ2v) is 6.98. The highest BCUT2D eigenvalue weighted by Gasteiger charge is 2.29. The number of nitrogens with one attached hydrogen (secondary N) is 2. The van der Waals surface area contributed by atoms with Crippen molar-refractivity contribution >= 4 is 16.8 Å². The molecule has 0 saturated carbocycles. The molecule has 27 heavy (non-hydrogen) atoms. The summed E-state index contributed by atoms with van der Waals surface area (Å²) in [7, 11) is 1.67. The second kappa shape index (κ2) is 7.92. The summed E-state index contributed by atoms with van der Waals surface area (Å²) in [5.74, 6) is 0.847. The molecule has 1 aliphatic rings. The summed E-state index contributed by atoms with van der Waals surface area (Å²) in [4.78, 5) is 16.3. The Morgan fingerprint density at radius 2 is 2.30 bits per heavy atom. The van der Waals surface area contributed by atoms with Gasteiger partial charge in [-0.3, -0.25) is 4.79 Å². The molecule has 3 aromatic rings. The maximum atomic E-state index is 12.8. The van der Waals surface area contributed by atoms with Crippen molar-refractivity contribution < 1.29 is 9.53 Å². The van der Waals surface area contributed by atoms with Crippen LogP contribution in [0.3, 0.4) is 0 Å². The van der Waals surface area contributed by atoms with Crippen molar-refractivity contribution in [2.24, 2.45) is 0 Å². The molecule has 2 heterocycles. The molecule has 0 unspecified atom stereocenters. The van der Waals surface area contributed by atoms with Crippen LogP contribution in [0.25, 0.3) is 10.9 Å². The van der Waals surface area contributed by atoms with E-state index in [0.717, 1.165) is 36.3 Å². The number of aryl methyl sites for hydroxylation is 1. The van der Waals surface area contributed by atoms with Gasteiger partial charge < -0.3 is 19.6 Å². The minimum absolute atomic E-state index is 0.0884. The first kappa shape index (κ1) is 17.7. The van der Waals surface area contributed by atoms with Gasteiger partial charge in [-0.2, -0.15) is 0 Å². The van der Waals surface area contributed by atoms with Crippen LogP contribution < -0.4 is 5.32 Å². The maximum absolute atomic E-state index is 12.8. The zero-order valence-corrected chi connectivity index (χ0v) is 15.6. The van der Waals surface area contributed by atoms with Crippen LogP contribution in [0.2, 0.25) is 0 Å². The number of para-hydroxylation sites is 1. The molecule has 1 aliphatic carbocycles. The van der Waals surface area contributed by atoms with Gasteiger partial charge in [-0.1, -0.05) is 18.2 Å². The van der Waals surface area contributed by atoms with Gasteiger partial charge in [0.1, 0.15) is 12.2 Å². The third kappa shape index (κ3) is 3.60. The molecule has 0 saturated heterocycles. The highest BCUT2D eigenvalue weighted by Crippen LogP contribution is 2.36. The lowest BCUT2D eigenvalue weighted by Crippen LogP contribution is -2.33. The van der Waals surface area contributed by atoms with Crippen molar-refractivity contribution in [3.8, 4) is 0 Å². The molecule has 0 bridgehead atoms. The minimum Gasteiger partial charge on any atom is -0.383 e. The predicted octanol–water partition coefficient (Wildman–Crippen LogP) is 2.18. The van der Waals surface area contributed by atoms with Crippen molar-refractivity contribution in [3.63, 3.8) is 0 Å². The first-order valence-corrected chi connectivity index (χ1v) is 9.50. The van der Waals surface area contributed by atoms with Crippen molar-refractivity contribution in [2.45, 2.75) is 38.1 Å².